The van der Waals surface area contributed by atoms with E-state index in [-0.39, 0.29) is 29.3 Å². The molecule has 24 heavy (non-hydrogen) atoms. The van der Waals surface area contributed by atoms with Gasteiger partial charge in [-0.3, -0.25) is 0 Å². The molecule has 3 atom stereocenters. The zero-order chi connectivity index (χ0) is 18.4. The molecule has 142 valence electrons. The molecule has 0 aromatic carbocycles. The number of likely N-dealkylation sites (tertiary alicyclic amines) is 1. The fourth-order valence-corrected chi connectivity index (χ4v) is 3.70. The van der Waals surface area contributed by atoms with Gasteiger partial charge >= 0.3 is 6.03 Å². The van der Waals surface area contributed by atoms with E-state index >= 15 is 0 Å². The molecule has 0 aliphatic carbocycles. The van der Waals surface area contributed by atoms with Crippen LogP contribution in [0.3, 0.4) is 0 Å². The van der Waals surface area contributed by atoms with Crippen molar-refractivity contribution in [3.63, 3.8) is 0 Å². The summed E-state index contributed by atoms with van der Waals surface area (Å²) in [6.45, 7) is 14.1. The van der Waals surface area contributed by atoms with Gasteiger partial charge in [-0.2, -0.15) is 0 Å². The average molecular weight is 343 g/mol. The van der Waals surface area contributed by atoms with Gasteiger partial charge in [0.25, 0.3) is 0 Å². The minimum Gasteiger partial charge on any atom is -0.383 e. The number of rotatable bonds is 9. The van der Waals surface area contributed by atoms with Gasteiger partial charge in [0, 0.05) is 19.2 Å². The zero-order valence-electron chi connectivity index (χ0n) is 16.8. The molecular weight excluding hydrogens is 304 g/mol. The molecule has 1 rings (SSSR count). The molecule has 1 heterocycles. The first-order valence-electron chi connectivity index (χ1n) is 9.44. The number of carbonyl (C=O) groups is 1. The summed E-state index contributed by atoms with van der Waals surface area (Å²) in [6, 6.07) is 0.225. The zero-order valence-corrected chi connectivity index (χ0v) is 16.8. The Balaban J connectivity index is 2.77. The summed E-state index contributed by atoms with van der Waals surface area (Å²) >= 11 is 0. The van der Waals surface area contributed by atoms with E-state index in [1.54, 1.807) is 7.11 Å². The maximum absolute atomic E-state index is 12.8. The van der Waals surface area contributed by atoms with E-state index in [4.69, 9.17) is 9.47 Å². The van der Waals surface area contributed by atoms with Crippen LogP contribution in [-0.2, 0) is 9.47 Å². The van der Waals surface area contributed by atoms with Crippen molar-refractivity contribution in [3.05, 3.63) is 0 Å². The van der Waals surface area contributed by atoms with E-state index in [1.165, 1.54) is 0 Å². The van der Waals surface area contributed by atoms with Gasteiger partial charge in [-0.1, -0.05) is 13.8 Å². The predicted octanol–water partition coefficient (Wildman–Crippen LogP) is 3.96. The standard InChI is InChI=1S/C19H38N2O3/c1-8-18(5,14-19(6,9-2)24-15(3)4)20-17(22)21-12-10-11-16(21)13-23-7/h15-16H,8-14H2,1-7H3,(H,20,22). The van der Waals surface area contributed by atoms with Gasteiger partial charge in [-0.05, 0) is 59.8 Å². The molecule has 1 saturated heterocycles. The first kappa shape index (κ1) is 21.2. The van der Waals surface area contributed by atoms with Gasteiger partial charge in [0.05, 0.1) is 24.4 Å². The van der Waals surface area contributed by atoms with Crippen LogP contribution >= 0.6 is 0 Å². The summed E-state index contributed by atoms with van der Waals surface area (Å²) in [7, 11) is 1.69. The first-order valence-corrected chi connectivity index (χ1v) is 9.44. The Morgan fingerprint density at radius 3 is 2.46 bits per heavy atom. The Morgan fingerprint density at radius 2 is 1.96 bits per heavy atom. The molecular formula is C19H38N2O3. The molecule has 3 unspecified atom stereocenters. The van der Waals surface area contributed by atoms with E-state index in [0.29, 0.717) is 6.61 Å². The first-order chi connectivity index (χ1) is 11.2. The molecule has 1 aliphatic heterocycles. The highest BCUT2D eigenvalue weighted by Crippen LogP contribution is 2.31. The highest BCUT2D eigenvalue weighted by molar-refractivity contribution is 5.75. The van der Waals surface area contributed by atoms with Crippen molar-refractivity contribution in [1.29, 1.82) is 0 Å². The predicted molar refractivity (Wildman–Crippen MR) is 98.4 cm³/mol. The summed E-state index contributed by atoms with van der Waals surface area (Å²) < 4.78 is 11.4. The maximum atomic E-state index is 12.8. The second-order valence-corrected chi connectivity index (χ2v) is 7.94. The van der Waals surface area contributed by atoms with Crippen molar-refractivity contribution in [2.24, 2.45) is 0 Å². The molecule has 0 radical (unpaired) electrons. The van der Waals surface area contributed by atoms with Crippen molar-refractivity contribution >= 4 is 6.03 Å². The van der Waals surface area contributed by atoms with Gasteiger partial charge in [0.1, 0.15) is 0 Å². The van der Waals surface area contributed by atoms with Crippen molar-refractivity contribution in [3.8, 4) is 0 Å². The van der Waals surface area contributed by atoms with E-state index in [1.807, 2.05) is 4.90 Å². The summed E-state index contributed by atoms with van der Waals surface area (Å²) in [5.41, 5.74) is -0.514. The fraction of sp³-hybridized carbons (Fsp3) is 0.947. The third-order valence-corrected chi connectivity index (χ3v) is 5.22. The topological polar surface area (TPSA) is 50.8 Å². The number of hydrogen-bond donors (Lipinski definition) is 1. The molecule has 5 heteroatoms. The number of urea groups is 1. The largest absolute Gasteiger partial charge is 0.383 e. The van der Waals surface area contributed by atoms with E-state index in [9.17, 15) is 4.79 Å². The third kappa shape index (κ3) is 5.92. The molecule has 1 fully saturated rings. The Bertz CT molecular complexity index is 402. The number of ether oxygens (including phenoxy) is 2. The molecule has 5 nitrogen and oxygen atoms in total. The second-order valence-electron chi connectivity index (χ2n) is 7.94. The van der Waals surface area contributed by atoms with Gasteiger partial charge in [0.15, 0.2) is 0 Å². The molecule has 0 saturated carbocycles. The van der Waals surface area contributed by atoms with Crippen LogP contribution in [0.1, 0.15) is 73.6 Å². The highest BCUT2D eigenvalue weighted by Gasteiger charge is 2.38. The van der Waals surface area contributed by atoms with E-state index < -0.39 is 0 Å². The summed E-state index contributed by atoms with van der Waals surface area (Å²) in [5.74, 6) is 0. The molecule has 0 bridgehead atoms. The van der Waals surface area contributed by atoms with Crippen LogP contribution in [-0.4, -0.2) is 54.5 Å². The number of nitrogens with one attached hydrogen (secondary N) is 1. The quantitative estimate of drug-likeness (QED) is 0.690. The number of methoxy groups -OCH3 is 1. The minimum absolute atomic E-state index is 0.0295. The van der Waals surface area contributed by atoms with Crippen LogP contribution in [0.15, 0.2) is 0 Å². The van der Waals surface area contributed by atoms with Gasteiger partial charge in [0.2, 0.25) is 0 Å². The Hall–Kier alpha value is -0.810. The Kier molecular flexibility index (Phi) is 8.00. The number of nitrogens with zero attached hydrogens (tertiary/aromatic N) is 1. The lowest BCUT2D eigenvalue weighted by Gasteiger charge is -2.41. The van der Waals surface area contributed by atoms with Crippen molar-refractivity contribution < 1.29 is 14.3 Å². The SMILES string of the molecule is CCC(C)(CC(C)(CC)OC(C)C)NC(=O)N1CCCC1COC. The van der Waals surface area contributed by atoms with Crippen LogP contribution in [0.25, 0.3) is 0 Å². The smallest absolute Gasteiger partial charge is 0.318 e. The van der Waals surface area contributed by atoms with Crippen molar-refractivity contribution in [2.75, 3.05) is 20.3 Å². The normalized spacial score (nSPS) is 23.2. The number of carbonyl (C=O) groups excluding carboxylic acids is 1. The molecule has 0 aromatic heterocycles. The third-order valence-electron chi connectivity index (χ3n) is 5.22. The summed E-state index contributed by atoms with van der Waals surface area (Å²) in [6.07, 6.45) is 4.85. The van der Waals surface area contributed by atoms with Crippen LogP contribution in [0, 0.1) is 0 Å². The lowest BCUT2D eigenvalue weighted by molar-refractivity contribution is -0.0876. The Labute approximate surface area is 148 Å². The monoisotopic (exact) mass is 342 g/mol. The molecule has 2 amide bonds. The lowest BCUT2D eigenvalue weighted by Crippen LogP contribution is -2.56. The van der Waals surface area contributed by atoms with Crippen LogP contribution in [0.2, 0.25) is 0 Å². The molecule has 0 aromatic rings. The average Bonchev–Trinajstić information content (AvgIpc) is 2.95. The van der Waals surface area contributed by atoms with Crippen molar-refractivity contribution in [1.82, 2.24) is 10.2 Å². The molecule has 1 N–H and O–H groups in total. The highest BCUT2D eigenvalue weighted by atomic mass is 16.5. The van der Waals surface area contributed by atoms with Gasteiger partial charge < -0.3 is 19.7 Å². The van der Waals surface area contributed by atoms with E-state index in [2.05, 4.69) is 46.9 Å². The molecule has 1 aliphatic rings. The van der Waals surface area contributed by atoms with Gasteiger partial charge in [-0.25, -0.2) is 4.79 Å². The number of amides is 2. The van der Waals surface area contributed by atoms with E-state index in [0.717, 1.165) is 38.6 Å². The fourth-order valence-electron chi connectivity index (χ4n) is 3.70. The van der Waals surface area contributed by atoms with Crippen LogP contribution in [0.4, 0.5) is 4.79 Å². The summed E-state index contributed by atoms with van der Waals surface area (Å²) in [4.78, 5) is 14.8. The lowest BCUT2D eigenvalue weighted by atomic mass is 9.83. The van der Waals surface area contributed by atoms with Crippen LogP contribution in [0.5, 0.6) is 0 Å². The minimum atomic E-state index is -0.281. The van der Waals surface area contributed by atoms with Crippen LogP contribution < -0.4 is 5.32 Å². The summed E-state index contributed by atoms with van der Waals surface area (Å²) in [5, 5.41) is 3.29. The maximum Gasteiger partial charge on any atom is 0.318 e. The second kappa shape index (κ2) is 9.04. The molecule has 0 spiro atoms. The van der Waals surface area contributed by atoms with Gasteiger partial charge in [-0.15, -0.1) is 0 Å². The number of hydrogen-bond acceptors (Lipinski definition) is 3. The van der Waals surface area contributed by atoms with Crippen molar-refractivity contribution in [2.45, 2.75) is 96.9 Å². The Morgan fingerprint density at radius 1 is 1.29 bits per heavy atom.